The zero-order chi connectivity index (χ0) is 15.0. The van der Waals surface area contributed by atoms with E-state index in [9.17, 15) is 14.7 Å². The van der Waals surface area contributed by atoms with E-state index in [1.165, 1.54) is 0 Å². The zero-order valence-corrected chi connectivity index (χ0v) is 11.0. The van der Waals surface area contributed by atoms with Gasteiger partial charge in [-0.25, -0.2) is 0 Å². The van der Waals surface area contributed by atoms with Crippen LogP contribution in [0.5, 0.6) is 5.88 Å². The van der Waals surface area contributed by atoms with E-state index < -0.39 is 0 Å². The lowest BCUT2D eigenvalue weighted by Crippen LogP contribution is -2.02. The molecule has 0 atom stereocenters. The van der Waals surface area contributed by atoms with E-state index in [1.54, 1.807) is 42.5 Å². The van der Waals surface area contributed by atoms with Crippen molar-refractivity contribution in [3.8, 4) is 5.88 Å². The average Bonchev–Trinajstić information content (AvgIpc) is 2.80. The van der Waals surface area contributed by atoms with Gasteiger partial charge in [0.2, 0.25) is 0 Å². The predicted octanol–water partition coefficient (Wildman–Crippen LogP) is 2.50. The Morgan fingerprint density at radius 2 is 1.90 bits per heavy atom. The van der Waals surface area contributed by atoms with Gasteiger partial charge in [0.15, 0.2) is 17.9 Å². The Bertz CT molecular complexity index is 865. The van der Waals surface area contributed by atoms with Crippen molar-refractivity contribution in [1.82, 2.24) is 4.98 Å². The third-order valence-corrected chi connectivity index (χ3v) is 3.35. The van der Waals surface area contributed by atoms with Crippen LogP contribution in [-0.4, -0.2) is 22.2 Å². The van der Waals surface area contributed by atoms with Crippen LogP contribution >= 0.6 is 0 Å². The Balaban J connectivity index is 2.12. The molecule has 0 bridgehead atoms. The van der Waals surface area contributed by atoms with Crippen LogP contribution in [0.4, 0.5) is 5.69 Å². The molecule has 0 fully saturated rings. The number of aldehydes is 1. The lowest BCUT2D eigenvalue weighted by molar-refractivity contribution is 0.103. The molecule has 5 nitrogen and oxygen atoms in total. The zero-order valence-electron chi connectivity index (χ0n) is 11.0. The van der Waals surface area contributed by atoms with Crippen molar-refractivity contribution >= 4 is 28.7 Å². The number of carbonyl (C=O) groups is 2. The van der Waals surface area contributed by atoms with Crippen LogP contribution in [0.2, 0.25) is 0 Å². The number of H-pyrrole nitrogens is 1. The molecule has 0 saturated carbocycles. The van der Waals surface area contributed by atoms with Gasteiger partial charge >= 0.3 is 0 Å². The molecule has 5 heteroatoms. The number of fused-ring (bicyclic) bond motifs is 1. The topological polar surface area (TPSA) is 96.2 Å². The standard InChI is InChI=1S/C16H12N2O3/c17-11-3-1-2-9(6-11)15(20)10-4-5-14-12(7-10)13(8-19)16(21)18-14/h1-8,18,21H,17H2. The SMILES string of the molecule is Nc1cccc(C(=O)c2ccc3[nH]c(O)c(C=O)c3c2)c1. The fraction of sp³-hybridized carbons (Fsp3) is 0. The summed E-state index contributed by atoms with van der Waals surface area (Å²) in [6.07, 6.45) is 0.558. The van der Waals surface area contributed by atoms with Crippen molar-refractivity contribution in [2.45, 2.75) is 0 Å². The van der Waals surface area contributed by atoms with E-state index in [4.69, 9.17) is 5.73 Å². The summed E-state index contributed by atoms with van der Waals surface area (Å²) in [6, 6.07) is 11.6. The van der Waals surface area contributed by atoms with Crippen molar-refractivity contribution in [2.75, 3.05) is 5.73 Å². The Kier molecular flexibility index (Phi) is 2.95. The maximum absolute atomic E-state index is 12.4. The van der Waals surface area contributed by atoms with Crippen LogP contribution in [0.15, 0.2) is 42.5 Å². The normalized spacial score (nSPS) is 10.7. The second-order valence-corrected chi connectivity index (χ2v) is 4.72. The molecular formula is C16H12N2O3. The summed E-state index contributed by atoms with van der Waals surface area (Å²) in [7, 11) is 0. The lowest BCUT2D eigenvalue weighted by atomic mass is 10.0. The molecule has 3 rings (SSSR count). The van der Waals surface area contributed by atoms with Gasteiger partial charge in [-0.3, -0.25) is 9.59 Å². The summed E-state index contributed by atoms with van der Waals surface area (Å²) in [4.78, 5) is 26.1. The smallest absolute Gasteiger partial charge is 0.200 e. The second kappa shape index (κ2) is 4.79. The molecule has 1 heterocycles. The number of aromatic amines is 1. The predicted molar refractivity (Wildman–Crippen MR) is 79.6 cm³/mol. The van der Waals surface area contributed by atoms with Crippen LogP contribution < -0.4 is 5.73 Å². The van der Waals surface area contributed by atoms with Gasteiger partial charge in [-0.2, -0.15) is 0 Å². The van der Waals surface area contributed by atoms with Crippen LogP contribution in [0.1, 0.15) is 26.3 Å². The Labute approximate surface area is 120 Å². The van der Waals surface area contributed by atoms with Gasteiger partial charge in [-0.1, -0.05) is 12.1 Å². The molecule has 2 aromatic carbocycles. The van der Waals surface area contributed by atoms with Gasteiger partial charge in [-0.05, 0) is 30.3 Å². The highest BCUT2D eigenvalue weighted by molar-refractivity contribution is 6.12. The summed E-state index contributed by atoms with van der Waals surface area (Å²) < 4.78 is 0. The van der Waals surface area contributed by atoms with E-state index in [2.05, 4.69) is 4.98 Å². The third-order valence-electron chi connectivity index (χ3n) is 3.35. The van der Waals surface area contributed by atoms with E-state index in [1.807, 2.05) is 0 Å². The summed E-state index contributed by atoms with van der Waals surface area (Å²) in [5.41, 5.74) is 7.83. The largest absolute Gasteiger partial charge is 0.494 e. The maximum atomic E-state index is 12.4. The molecule has 1 aromatic heterocycles. The first-order chi connectivity index (χ1) is 10.1. The number of anilines is 1. The lowest BCUT2D eigenvalue weighted by Gasteiger charge is -2.03. The fourth-order valence-electron chi connectivity index (χ4n) is 2.31. The molecule has 4 N–H and O–H groups in total. The number of nitrogens with two attached hydrogens (primary N) is 1. The number of hydrogen-bond donors (Lipinski definition) is 3. The average molecular weight is 280 g/mol. The highest BCUT2D eigenvalue weighted by atomic mass is 16.3. The molecule has 0 aliphatic carbocycles. The summed E-state index contributed by atoms with van der Waals surface area (Å²) in [6.45, 7) is 0. The van der Waals surface area contributed by atoms with E-state index in [-0.39, 0.29) is 17.2 Å². The van der Waals surface area contributed by atoms with Crippen LogP contribution in [0.25, 0.3) is 10.9 Å². The Morgan fingerprint density at radius 3 is 2.62 bits per heavy atom. The molecule has 104 valence electrons. The summed E-state index contributed by atoms with van der Waals surface area (Å²) >= 11 is 0. The van der Waals surface area contributed by atoms with E-state index in [0.29, 0.717) is 34.0 Å². The first-order valence-corrected chi connectivity index (χ1v) is 6.30. The fourth-order valence-corrected chi connectivity index (χ4v) is 2.31. The number of ketones is 1. The molecule has 0 unspecified atom stereocenters. The number of carbonyl (C=O) groups excluding carboxylic acids is 2. The molecule has 0 spiro atoms. The van der Waals surface area contributed by atoms with Gasteiger partial charge in [-0.15, -0.1) is 0 Å². The molecule has 0 aliphatic rings. The van der Waals surface area contributed by atoms with Gasteiger partial charge < -0.3 is 15.8 Å². The van der Waals surface area contributed by atoms with Crippen molar-refractivity contribution in [3.63, 3.8) is 0 Å². The van der Waals surface area contributed by atoms with Crippen LogP contribution in [-0.2, 0) is 0 Å². The number of aromatic hydroxyl groups is 1. The molecule has 21 heavy (non-hydrogen) atoms. The minimum atomic E-state index is -0.200. The molecule has 0 radical (unpaired) electrons. The number of benzene rings is 2. The quantitative estimate of drug-likeness (QED) is 0.390. The van der Waals surface area contributed by atoms with Crippen molar-refractivity contribution in [3.05, 3.63) is 59.2 Å². The highest BCUT2D eigenvalue weighted by Crippen LogP contribution is 2.27. The monoisotopic (exact) mass is 280 g/mol. The number of nitrogen functional groups attached to an aromatic ring is 1. The molecular weight excluding hydrogens is 268 g/mol. The number of nitrogens with one attached hydrogen (secondary N) is 1. The first kappa shape index (κ1) is 12.9. The molecule has 0 amide bonds. The van der Waals surface area contributed by atoms with Gasteiger partial charge in [0.1, 0.15) is 0 Å². The number of rotatable bonds is 3. The van der Waals surface area contributed by atoms with Gasteiger partial charge in [0.05, 0.1) is 5.56 Å². The number of aromatic nitrogens is 1. The second-order valence-electron chi connectivity index (χ2n) is 4.72. The Morgan fingerprint density at radius 1 is 1.14 bits per heavy atom. The summed E-state index contributed by atoms with van der Waals surface area (Å²) in [5, 5.41) is 10.1. The Hall–Kier alpha value is -3.08. The number of hydrogen-bond acceptors (Lipinski definition) is 4. The first-order valence-electron chi connectivity index (χ1n) is 6.30. The van der Waals surface area contributed by atoms with Crippen LogP contribution in [0, 0.1) is 0 Å². The minimum Gasteiger partial charge on any atom is -0.494 e. The highest BCUT2D eigenvalue weighted by Gasteiger charge is 2.14. The van der Waals surface area contributed by atoms with Crippen molar-refractivity contribution in [1.29, 1.82) is 0 Å². The van der Waals surface area contributed by atoms with Crippen LogP contribution in [0.3, 0.4) is 0 Å². The van der Waals surface area contributed by atoms with Gasteiger partial charge in [0.25, 0.3) is 0 Å². The molecule has 0 aliphatic heterocycles. The van der Waals surface area contributed by atoms with E-state index >= 15 is 0 Å². The molecule has 3 aromatic rings. The van der Waals surface area contributed by atoms with Gasteiger partial charge in [0, 0.05) is 27.7 Å². The van der Waals surface area contributed by atoms with Crippen molar-refractivity contribution < 1.29 is 14.7 Å². The maximum Gasteiger partial charge on any atom is 0.200 e. The van der Waals surface area contributed by atoms with Crippen molar-refractivity contribution in [2.24, 2.45) is 0 Å². The minimum absolute atomic E-state index is 0.146. The molecule has 0 saturated heterocycles. The van der Waals surface area contributed by atoms with E-state index in [0.717, 1.165) is 0 Å². The third kappa shape index (κ3) is 2.14. The summed E-state index contributed by atoms with van der Waals surface area (Å²) in [5.74, 6) is -0.393.